The van der Waals surface area contributed by atoms with Gasteiger partial charge in [0, 0.05) is 12.1 Å². The highest BCUT2D eigenvalue weighted by Gasteiger charge is 2.36. The van der Waals surface area contributed by atoms with Crippen LogP contribution in [0.1, 0.15) is 34.1 Å². The Morgan fingerprint density at radius 2 is 2.14 bits per heavy atom. The van der Waals surface area contributed by atoms with Crippen molar-refractivity contribution in [2.45, 2.75) is 40.2 Å². The van der Waals surface area contributed by atoms with Gasteiger partial charge >= 0.3 is 5.97 Å². The zero-order valence-corrected chi connectivity index (χ0v) is 12.8. The number of amidine groups is 1. The van der Waals surface area contributed by atoms with Crippen LogP contribution in [0.4, 0.5) is 0 Å². The van der Waals surface area contributed by atoms with Crippen molar-refractivity contribution in [1.29, 1.82) is 0 Å². The van der Waals surface area contributed by atoms with Gasteiger partial charge in [-0.3, -0.25) is 14.8 Å². The largest absolute Gasteiger partial charge is 0.478 e. The molecular formula is C15H21N3O3. The molecule has 0 aromatic carbocycles. The number of nitrogens with one attached hydrogen (secondary N) is 1. The van der Waals surface area contributed by atoms with Crippen molar-refractivity contribution >= 4 is 23.9 Å². The standard InChI is InChI=1S/C15H21N3O3/c1-5-9-6-16-12(10(8(9)4)15(20)21)13-17-11(7(2)3)14(19)18-13/h6-9,11H,5H2,1-4H3,(H,20,21)(H,17,18,19). The van der Waals surface area contributed by atoms with Crippen molar-refractivity contribution in [2.24, 2.45) is 27.7 Å². The summed E-state index contributed by atoms with van der Waals surface area (Å²) >= 11 is 0. The van der Waals surface area contributed by atoms with Gasteiger partial charge in [0.2, 0.25) is 0 Å². The Morgan fingerprint density at radius 1 is 1.48 bits per heavy atom. The highest BCUT2D eigenvalue weighted by Crippen LogP contribution is 2.31. The molecule has 21 heavy (non-hydrogen) atoms. The number of hydrogen-bond donors (Lipinski definition) is 2. The normalized spacial score (nSPS) is 28.9. The molecule has 6 heteroatoms. The predicted octanol–water partition coefficient (Wildman–Crippen LogP) is 1.62. The number of rotatable bonds is 4. The molecule has 0 aromatic rings. The van der Waals surface area contributed by atoms with Gasteiger partial charge in [-0.25, -0.2) is 4.79 Å². The smallest absolute Gasteiger partial charge is 0.334 e. The van der Waals surface area contributed by atoms with E-state index >= 15 is 0 Å². The number of nitrogens with zero attached hydrogens (tertiary/aromatic N) is 2. The number of carboxylic acids is 1. The molecule has 0 spiro atoms. The van der Waals surface area contributed by atoms with Gasteiger partial charge in [-0.05, 0) is 18.3 Å². The lowest BCUT2D eigenvalue weighted by molar-refractivity contribution is -0.133. The molecule has 1 amide bonds. The third-order valence-corrected chi connectivity index (χ3v) is 4.08. The summed E-state index contributed by atoms with van der Waals surface area (Å²) in [5, 5.41) is 12.2. The highest BCUT2D eigenvalue weighted by molar-refractivity contribution is 6.16. The number of amides is 1. The second-order valence-electron chi connectivity index (χ2n) is 5.86. The Labute approximate surface area is 124 Å². The summed E-state index contributed by atoms with van der Waals surface area (Å²) in [6.07, 6.45) is 2.59. The molecular weight excluding hydrogens is 270 g/mol. The quantitative estimate of drug-likeness (QED) is 0.824. The fourth-order valence-corrected chi connectivity index (χ4v) is 2.74. The SMILES string of the molecule is CCC1C=NC(C2=NC(C(C)C)C(=O)N2)=C(C(=O)O)C1C. The van der Waals surface area contributed by atoms with E-state index in [2.05, 4.69) is 15.3 Å². The summed E-state index contributed by atoms with van der Waals surface area (Å²) in [6, 6.07) is -0.475. The van der Waals surface area contributed by atoms with E-state index < -0.39 is 12.0 Å². The molecule has 0 radical (unpaired) electrons. The lowest BCUT2D eigenvalue weighted by Crippen LogP contribution is -2.34. The number of hydrogen-bond acceptors (Lipinski definition) is 4. The summed E-state index contributed by atoms with van der Waals surface area (Å²) in [4.78, 5) is 32.1. The van der Waals surface area contributed by atoms with Gasteiger partial charge in [-0.1, -0.05) is 27.7 Å². The molecule has 2 heterocycles. The minimum Gasteiger partial charge on any atom is -0.478 e. The van der Waals surface area contributed by atoms with E-state index in [1.54, 1.807) is 6.21 Å². The second kappa shape index (κ2) is 5.79. The average Bonchev–Trinajstić information content (AvgIpc) is 2.80. The molecule has 3 unspecified atom stereocenters. The van der Waals surface area contributed by atoms with Crippen molar-refractivity contribution < 1.29 is 14.7 Å². The van der Waals surface area contributed by atoms with Crippen LogP contribution < -0.4 is 5.32 Å². The molecule has 3 atom stereocenters. The van der Waals surface area contributed by atoms with Crippen molar-refractivity contribution in [2.75, 3.05) is 0 Å². The first-order chi connectivity index (χ1) is 9.86. The number of aliphatic carboxylic acids is 1. The Kier molecular flexibility index (Phi) is 4.25. The van der Waals surface area contributed by atoms with E-state index in [9.17, 15) is 14.7 Å². The number of carbonyl (C=O) groups is 2. The molecule has 6 nitrogen and oxygen atoms in total. The molecule has 0 aliphatic carbocycles. The second-order valence-corrected chi connectivity index (χ2v) is 5.86. The van der Waals surface area contributed by atoms with Crippen LogP contribution in [0.15, 0.2) is 21.3 Å². The van der Waals surface area contributed by atoms with Crippen LogP contribution in [0.2, 0.25) is 0 Å². The van der Waals surface area contributed by atoms with E-state index in [1.807, 2.05) is 27.7 Å². The van der Waals surface area contributed by atoms with Crippen LogP contribution >= 0.6 is 0 Å². The van der Waals surface area contributed by atoms with Crippen LogP contribution in [0.25, 0.3) is 0 Å². The first kappa shape index (κ1) is 15.4. The maximum atomic E-state index is 11.9. The van der Waals surface area contributed by atoms with Crippen LogP contribution in [-0.4, -0.2) is 35.1 Å². The van der Waals surface area contributed by atoms with Gasteiger partial charge in [0.1, 0.15) is 11.7 Å². The Bertz CT molecular complexity index is 561. The zero-order chi connectivity index (χ0) is 15.7. The van der Waals surface area contributed by atoms with Crippen molar-refractivity contribution in [1.82, 2.24) is 5.32 Å². The Morgan fingerprint density at radius 3 is 2.62 bits per heavy atom. The van der Waals surface area contributed by atoms with Gasteiger partial charge in [-0.15, -0.1) is 0 Å². The van der Waals surface area contributed by atoms with E-state index in [0.29, 0.717) is 0 Å². The monoisotopic (exact) mass is 291 g/mol. The third-order valence-electron chi connectivity index (χ3n) is 4.08. The lowest BCUT2D eigenvalue weighted by atomic mass is 9.83. The molecule has 2 N–H and O–H groups in total. The van der Waals surface area contributed by atoms with Gasteiger partial charge in [-0.2, -0.15) is 0 Å². The number of carboxylic acid groups (broad SMARTS) is 1. The molecule has 0 bridgehead atoms. The van der Waals surface area contributed by atoms with Gasteiger partial charge in [0.05, 0.1) is 5.57 Å². The van der Waals surface area contributed by atoms with Gasteiger partial charge < -0.3 is 10.4 Å². The summed E-state index contributed by atoms with van der Waals surface area (Å²) in [6.45, 7) is 7.69. The first-order valence-electron chi connectivity index (χ1n) is 7.27. The van der Waals surface area contributed by atoms with E-state index in [-0.39, 0.29) is 40.8 Å². The van der Waals surface area contributed by atoms with Crippen LogP contribution in [0.5, 0.6) is 0 Å². The summed E-state index contributed by atoms with van der Waals surface area (Å²) in [7, 11) is 0. The van der Waals surface area contributed by atoms with Crippen LogP contribution in [0, 0.1) is 17.8 Å². The fourth-order valence-electron chi connectivity index (χ4n) is 2.74. The first-order valence-corrected chi connectivity index (χ1v) is 7.27. The molecule has 0 fully saturated rings. The minimum atomic E-state index is -1.00. The molecule has 0 saturated carbocycles. The molecule has 0 saturated heterocycles. The maximum absolute atomic E-state index is 11.9. The van der Waals surface area contributed by atoms with Crippen molar-refractivity contribution in [3.63, 3.8) is 0 Å². The Hall–Kier alpha value is -1.98. The summed E-state index contributed by atoms with van der Waals surface area (Å²) in [5.41, 5.74) is 0.518. The molecule has 114 valence electrons. The van der Waals surface area contributed by atoms with E-state index in [0.717, 1.165) is 6.42 Å². The van der Waals surface area contributed by atoms with Gasteiger partial charge in [0.15, 0.2) is 5.84 Å². The van der Waals surface area contributed by atoms with Gasteiger partial charge in [0.25, 0.3) is 5.91 Å². The molecule has 2 aliphatic heterocycles. The predicted molar refractivity (Wildman–Crippen MR) is 80.3 cm³/mol. The zero-order valence-electron chi connectivity index (χ0n) is 12.8. The maximum Gasteiger partial charge on any atom is 0.334 e. The number of aliphatic imine (C=N–C) groups is 2. The van der Waals surface area contributed by atoms with Crippen molar-refractivity contribution in [3.8, 4) is 0 Å². The summed E-state index contributed by atoms with van der Waals surface area (Å²) in [5.74, 6) is -0.912. The summed E-state index contributed by atoms with van der Waals surface area (Å²) < 4.78 is 0. The van der Waals surface area contributed by atoms with Crippen LogP contribution in [-0.2, 0) is 9.59 Å². The topological polar surface area (TPSA) is 91.1 Å². The third kappa shape index (κ3) is 2.75. The molecule has 2 rings (SSSR count). The molecule has 0 aromatic heterocycles. The highest BCUT2D eigenvalue weighted by atomic mass is 16.4. The number of carbonyl (C=O) groups excluding carboxylic acids is 1. The van der Waals surface area contributed by atoms with E-state index in [1.165, 1.54) is 0 Å². The van der Waals surface area contributed by atoms with Crippen LogP contribution in [0.3, 0.4) is 0 Å². The average molecular weight is 291 g/mol. The fraction of sp³-hybridized carbons (Fsp3) is 0.600. The van der Waals surface area contributed by atoms with E-state index in [4.69, 9.17) is 0 Å². The minimum absolute atomic E-state index is 0.0600. The molecule has 2 aliphatic rings. The van der Waals surface area contributed by atoms with Crippen molar-refractivity contribution in [3.05, 3.63) is 11.3 Å². The Balaban J connectivity index is 2.44. The lowest BCUT2D eigenvalue weighted by Gasteiger charge is -2.25.